The summed E-state index contributed by atoms with van der Waals surface area (Å²) in [6.07, 6.45) is 0. The molecule has 1 aliphatic rings. The van der Waals surface area contributed by atoms with Gasteiger partial charge in [-0.05, 0) is 42.5 Å². The van der Waals surface area contributed by atoms with Crippen molar-refractivity contribution in [1.29, 1.82) is 0 Å². The van der Waals surface area contributed by atoms with Gasteiger partial charge >= 0.3 is 0 Å². The molecule has 5 nitrogen and oxygen atoms in total. The van der Waals surface area contributed by atoms with Crippen molar-refractivity contribution in [2.45, 2.75) is 0 Å². The second-order valence-corrected chi connectivity index (χ2v) is 6.56. The molecule has 0 fully saturated rings. The highest BCUT2D eigenvalue weighted by molar-refractivity contribution is 6.33. The van der Waals surface area contributed by atoms with E-state index in [-0.39, 0.29) is 5.75 Å². The van der Waals surface area contributed by atoms with Crippen LogP contribution in [0.3, 0.4) is 0 Å². The van der Waals surface area contributed by atoms with Gasteiger partial charge in [0.2, 0.25) is 0 Å². The fourth-order valence-electron chi connectivity index (χ4n) is 3.65. The van der Waals surface area contributed by atoms with Gasteiger partial charge in [-0.3, -0.25) is 14.9 Å². The number of carbonyl (C=O) groups is 2. The van der Waals surface area contributed by atoms with Crippen LogP contribution in [-0.2, 0) is 0 Å². The second kappa shape index (κ2) is 5.09. The maximum atomic E-state index is 12.4. The summed E-state index contributed by atoms with van der Waals surface area (Å²) in [5, 5.41) is 14.2. The number of fused-ring (bicyclic) bond motifs is 5. The molecule has 0 atom stereocenters. The average molecular weight is 363 g/mol. The van der Waals surface area contributed by atoms with Gasteiger partial charge in [0.1, 0.15) is 5.75 Å². The van der Waals surface area contributed by atoms with E-state index in [1.54, 1.807) is 36.4 Å². The molecule has 0 saturated heterocycles. The lowest BCUT2D eigenvalue weighted by Gasteiger charge is -2.09. The summed E-state index contributed by atoms with van der Waals surface area (Å²) < 4.78 is 1.93. The van der Waals surface area contributed by atoms with Gasteiger partial charge in [-0.25, -0.2) is 0 Å². The number of para-hydroxylation sites is 1. The topological polar surface area (TPSA) is 71.3 Å². The van der Waals surface area contributed by atoms with E-state index in [4.69, 9.17) is 11.6 Å². The Morgan fingerprint density at radius 1 is 0.923 bits per heavy atom. The number of imide groups is 1. The molecule has 0 radical (unpaired) electrons. The van der Waals surface area contributed by atoms with E-state index in [1.165, 1.54) is 0 Å². The van der Waals surface area contributed by atoms with Crippen molar-refractivity contribution in [3.63, 3.8) is 0 Å². The van der Waals surface area contributed by atoms with Crippen LogP contribution >= 0.6 is 11.6 Å². The Hall–Kier alpha value is -3.31. The Bertz CT molecular complexity index is 1270. The van der Waals surface area contributed by atoms with Gasteiger partial charge in [0.25, 0.3) is 11.8 Å². The quantitative estimate of drug-likeness (QED) is 0.502. The highest BCUT2D eigenvalue weighted by atomic mass is 35.5. The first kappa shape index (κ1) is 15.0. The van der Waals surface area contributed by atoms with Crippen LogP contribution in [0.2, 0.25) is 5.02 Å². The van der Waals surface area contributed by atoms with E-state index in [0.717, 1.165) is 16.7 Å². The molecule has 126 valence electrons. The summed E-state index contributed by atoms with van der Waals surface area (Å²) in [6, 6.07) is 15.8. The maximum Gasteiger partial charge on any atom is 0.259 e. The Morgan fingerprint density at radius 2 is 1.69 bits per heavy atom. The molecule has 0 saturated carbocycles. The summed E-state index contributed by atoms with van der Waals surface area (Å²) in [5.41, 5.74) is 2.94. The number of rotatable bonds is 1. The SMILES string of the molecule is O=C1NC(=O)c2c1ccc1c2c2cc(O)ccc2n1-c1ccccc1Cl. The Balaban J connectivity index is 2.04. The lowest BCUT2D eigenvalue weighted by atomic mass is 10.0. The zero-order chi connectivity index (χ0) is 18.0. The van der Waals surface area contributed by atoms with Crippen molar-refractivity contribution in [1.82, 2.24) is 9.88 Å². The number of phenolic OH excluding ortho intramolecular Hbond substituents is 1. The van der Waals surface area contributed by atoms with Crippen molar-refractivity contribution < 1.29 is 14.7 Å². The van der Waals surface area contributed by atoms with E-state index < -0.39 is 11.8 Å². The zero-order valence-electron chi connectivity index (χ0n) is 13.3. The minimum Gasteiger partial charge on any atom is -0.508 e. The molecule has 6 heteroatoms. The number of hydrogen-bond acceptors (Lipinski definition) is 3. The number of halogens is 1. The number of aromatic nitrogens is 1. The molecule has 1 aliphatic heterocycles. The molecule has 1 aromatic heterocycles. The van der Waals surface area contributed by atoms with E-state index in [9.17, 15) is 14.7 Å². The summed E-state index contributed by atoms with van der Waals surface area (Å²) in [6.45, 7) is 0. The van der Waals surface area contributed by atoms with Crippen LogP contribution in [0.4, 0.5) is 0 Å². The van der Waals surface area contributed by atoms with Crippen molar-refractivity contribution in [3.05, 3.63) is 70.7 Å². The summed E-state index contributed by atoms with van der Waals surface area (Å²) in [5.74, 6) is -0.763. The number of amides is 2. The van der Waals surface area contributed by atoms with Gasteiger partial charge in [-0.1, -0.05) is 23.7 Å². The van der Waals surface area contributed by atoms with Crippen LogP contribution in [0.5, 0.6) is 5.75 Å². The maximum absolute atomic E-state index is 12.4. The van der Waals surface area contributed by atoms with Crippen LogP contribution in [0, 0.1) is 0 Å². The number of benzene rings is 3. The van der Waals surface area contributed by atoms with E-state index in [0.29, 0.717) is 26.9 Å². The normalized spacial score (nSPS) is 13.4. The van der Waals surface area contributed by atoms with Crippen molar-refractivity contribution in [3.8, 4) is 11.4 Å². The largest absolute Gasteiger partial charge is 0.508 e. The number of phenols is 1. The zero-order valence-corrected chi connectivity index (χ0v) is 14.0. The molecule has 26 heavy (non-hydrogen) atoms. The van der Waals surface area contributed by atoms with Gasteiger partial charge in [-0.15, -0.1) is 0 Å². The molecule has 0 spiro atoms. The third kappa shape index (κ3) is 1.86. The van der Waals surface area contributed by atoms with Crippen molar-refractivity contribution in [2.24, 2.45) is 0 Å². The number of nitrogens with zero attached hydrogens (tertiary/aromatic N) is 1. The second-order valence-electron chi connectivity index (χ2n) is 6.15. The molecule has 0 unspecified atom stereocenters. The lowest BCUT2D eigenvalue weighted by Crippen LogP contribution is -2.19. The number of hydrogen-bond donors (Lipinski definition) is 2. The predicted octanol–water partition coefficient (Wildman–Crippen LogP) is 4.03. The molecule has 3 aromatic carbocycles. The van der Waals surface area contributed by atoms with E-state index >= 15 is 0 Å². The summed E-state index contributed by atoms with van der Waals surface area (Å²) >= 11 is 6.41. The predicted molar refractivity (Wildman–Crippen MR) is 99.3 cm³/mol. The number of nitrogens with one attached hydrogen (secondary N) is 1. The van der Waals surface area contributed by atoms with Crippen LogP contribution < -0.4 is 5.32 Å². The number of aromatic hydroxyl groups is 1. The van der Waals surface area contributed by atoms with Gasteiger partial charge in [0, 0.05) is 10.8 Å². The molecule has 2 heterocycles. The molecule has 4 aromatic rings. The van der Waals surface area contributed by atoms with Crippen LogP contribution in [0.1, 0.15) is 20.7 Å². The van der Waals surface area contributed by atoms with Gasteiger partial charge < -0.3 is 9.67 Å². The van der Waals surface area contributed by atoms with Gasteiger partial charge in [-0.2, -0.15) is 0 Å². The average Bonchev–Trinajstić information content (AvgIpc) is 3.09. The van der Waals surface area contributed by atoms with E-state index in [1.807, 2.05) is 22.8 Å². The molecule has 0 bridgehead atoms. The Labute approximate surface area is 152 Å². The molecule has 0 aliphatic carbocycles. The first-order chi connectivity index (χ1) is 12.6. The highest BCUT2D eigenvalue weighted by Crippen LogP contribution is 2.39. The first-order valence-corrected chi connectivity index (χ1v) is 8.35. The Kier molecular flexibility index (Phi) is 2.94. The monoisotopic (exact) mass is 362 g/mol. The number of carbonyl (C=O) groups excluding carboxylic acids is 2. The molecular weight excluding hydrogens is 352 g/mol. The third-order valence-corrected chi connectivity index (χ3v) is 5.03. The summed E-state index contributed by atoms with van der Waals surface area (Å²) in [7, 11) is 0. The van der Waals surface area contributed by atoms with Crippen molar-refractivity contribution in [2.75, 3.05) is 0 Å². The minimum absolute atomic E-state index is 0.0815. The molecule has 2 N–H and O–H groups in total. The van der Waals surface area contributed by atoms with Gasteiger partial charge in [0.05, 0.1) is 32.9 Å². The highest BCUT2D eigenvalue weighted by Gasteiger charge is 2.31. The smallest absolute Gasteiger partial charge is 0.259 e. The van der Waals surface area contributed by atoms with Crippen LogP contribution in [0.15, 0.2) is 54.6 Å². The third-order valence-electron chi connectivity index (χ3n) is 4.71. The standard InChI is InChI=1S/C20H11ClN2O3/c21-13-3-1-2-4-15(13)23-14-7-5-10(24)9-12(14)17-16(23)8-6-11-18(17)20(26)22-19(11)25/h1-9,24H,(H,22,25,26). The van der Waals surface area contributed by atoms with Crippen LogP contribution in [0.25, 0.3) is 27.5 Å². The fourth-order valence-corrected chi connectivity index (χ4v) is 3.87. The molecule has 5 rings (SSSR count). The van der Waals surface area contributed by atoms with E-state index in [2.05, 4.69) is 5.32 Å². The Morgan fingerprint density at radius 3 is 2.50 bits per heavy atom. The lowest BCUT2D eigenvalue weighted by molar-refractivity contribution is 0.0880. The first-order valence-electron chi connectivity index (χ1n) is 7.97. The van der Waals surface area contributed by atoms with Crippen LogP contribution in [-0.4, -0.2) is 21.5 Å². The van der Waals surface area contributed by atoms with Crippen molar-refractivity contribution >= 4 is 45.2 Å². The summed E-state index contributed by atoms with van der Waals surface area (Å²) in [4.78, 5) is 24.4. The molecular formula is C20H11ClN2O3. The van der Waals surface area contributed by atoms with Gasteiger partial charge in [0.15, 0.2) is 0 Å². The minimum atomic E-state index is -0.433. The molecule has 2 amide bonds. The fraction of sp³-hybridized carbons (Fsp3) is 0.